The Hall–Kier alpha value is -0.910. The molecule has 1 aromatic rings. The van der Waals surface area contributed by atoms with E-state index >= 15 is 0 Å². The van der Waals surface area contributed by atoms with Gasteiger partial charge in [0.15, 0.2) is 0 Å². The van der Waals surface area contributed by atoms with Gasteiger partial charge in [-0.3, -0.25) is 0 Å². The lowest BCUT2D eigenvalue weighted by molar-refractivity contribution is -0.396. The third-order valence-electron chi connectivity index (χ3n) is 0.959. The van der Waals surface area contributed by atoms with Crippen molar-refractivity contribution in [3.8, 4) is 0 Å². The Bertz CT molecular complexity index is 235. The van der Waals surface area contributed by atoms with Crippen molar-refractivity contribution in [2.45, 2.75) is 0 Å². The zero-order chi connectivity index (χ0) is 8.85. The van der Waals surface area contributed by atoms with E-state index in [9.17, 15) is 10.1 Å². The second kappa shape index (κ2) is 4.84. The number of alkyl halides is 1. The van der Waals surface area contributed by atoms with Gasteiger partial charge >= 0.3 is 5.95 Å². The van der Waals surface area contributed by atoms with Crippen molar-refractivity contribution >= 4 is 21.9 Å². The monoisotopic (exact) mass is 221 g/mol. The number of aromatic nitrogens is 2. The minimum atomic E-state index is -0.528. The molecule has 0 aromatic carbocycles. The van der Waals surface area contributed by atoms with E-state index in [1.54, 1.807) is 7.05 Å². The molecule has 0 unspecified atom stereocenters. The van der Waals surface area contributed by atoms with E-state index in [-0.39, 0.29) is 5.95 Å². The van der Waals surface area contributed by atoms with Crippen molar-refractivity contribution < 1.29 is 4.92 Å². The summed E-state index contributed by atoms with van der Waals surface area (Å²) < 4.78 is 1.35. The summed E-state index contributed by atoms with van der Waals surface area (Å²) in [6.07, 6.45) is 2.91. The normalized spacial score (nSPS) is 8.27. The van der Waals surface area contributed by atoms with Crippen LogP contribution in [0, 0.1) is 10.1 Å². The average molecular weight is 222 g/mol. The van der Waals surface area contributed by atoms with Gasteiger partial charge in [0.1, 0.15) is 12.4 Å². The number of rotatable bonds is 1. The topological polar surface area (TPSA) is 61.0 Å². The van der Waals surface area contributed by atoms with Gasteiger partial charge in [-0.05, 0) is 10.8 Å². The molecule has 0 spiro atoms. The highest BCUT2D eigenvalue weighted by Gasteiger charge is 2.07. The maximum Gasteiger partial charge on any atom is 0.434 e. The Labute approximate surface area is 72.3 Å². The fourth-order valence-corrected chi connectivity index (χ4v) is 0.534. The zero-order valence-corrected chi connectivity index (χ0v) is 7.78. The average Bonchev–Trinajstić information content (AvgIpc) is 2.39. The highest BCUT2D eigenvalue weighted by Crippen LogP contribution is 2.02. The van der Waals surface area contributed by atoms with Gasteiger partial charge < -0.3 is 10.1 Å². The lowest BCUT2D eigenvalue weighted by Gasteiger charge is -1.90. The molecule has 0 aliphatic carbocycles. The zero-order valence-electron chi connectivity index (χ0n) is 6.19. The standard InChI is InChI=1S/C4H5N3O2.CH3Br/c1-6-3-2-5-4(6)7(8)9;1-2/h2-3H,1H3;1H3. The van der Waals surface area contributed by atoms with Gasteiger partial charge in [0, 0.05) is 0 Å². The number of imidazole rings is 1. The number of hydrogen-bond donors (Lipinski definition) is 0. The molecule has 1 heterocycles. The second-order valence-corrected chi connectivity index (χ2v) is 1.60. The molecule has 0 bridgehead atoms. The first kappa shape index (κ1) is 10.1. The minimum absolute atomic E-state index is 0.130. The Morgan fingerprint density at radius 3 is 2.45 bits per heavy atom. The first-order chi connectivity index (χ1) is 5.22. The van der Waals surface area contributed by atoms with Gasteiger partial charge in [0.25, 0.3) is 0 Å². The Balaban J connectivity index is 0.000000461. The fourth-order valence-electron chi connectivity index (χ4n) is 0.534. The maximum atomic E-state index is 10.0. The lowest BCUT2D eigenvalue weighted by atomic mass is 10.9. The van der Waals surface area contributed by atoms with Crippen molar-refractivity contribution in [1.29, 1.82) is 0 Å². The highest BCUT2D eigenvalue weighted by atomic mass is 79.9. The third-order valence-corrected chi connectivity index (χ3v) is 0.959. The summed E-state index contributed by atoms with van der Waals surface area (Å²) in [7, 11) is 1.57. The summed E-state index contributed by atoms with van der Waals surface area (Å²) in [6.45, 7) is 0. The van der Waals surface area contributed by atoms with Crippen molar-refractivity contribution in [3.63, 3.8) is 0 Å². The van der Waals surface area contributed by atoms with Crippen molar-refractivity contribution in [1.82, 2.24) is 9.55 Å². The molecule has 6 heteroatoms. The van der Waals surface area contributed by atoms with Crippen LogP contribution in [0.15, 0.2) is 12.4 Å². The number of nitro groups is 1. The molecule has 1 rings (SSSR count). The Morgan fingerprint density at radius 2 is 2.27 bits per heavy atom. The predicted molar refractivity (Wildman–Crippen MR) is 44.7 cm³/mol. The molecular formula is C5H8BrN3O2. The van der Waals surface area contributed by atoms with Gasteiger partial charge in [-0.15, -0.1) is 0 Å². The summed E-state index contributed by atoms with van der Waals surface area (Å²) in [5.74, 6) is 1.68. The fraction of sp³-hybridized carbons (Fsp3) is 0.400. The molecule has 0 radical (unpaired) electrons. The van der Waals surface area contributed by atoms with Crippen LogP contribution in [0.3, 0.4) is 0 Å². The molecule has 1 aromatic heterocycles. The van der Waals surface area contributed by atoms with Crippen molar-refractivity contribution in [2.75, 3.05) is 5.83 Å². The largest absolute Gasteiger partial charge is 0.434 e. The van der Waals surface area contributed by atoms with Crippen LogP contribution in [-0.2, 0) is 7.05 Å². The summed E-state index contributed by atoms with van der Waals surface area (Å²) in [4.78, 5) is 13.0. The predicted octanol–water partition coefficient (Wildman–Crippen LogP) is 1.34. The van der Waals surface area contributed by atoms with Gasteiger partial charge in [-0.25, -0.2) is 4.57 Å². The molecule has 5 nitrogen and oxygen atoms in total. The third kappa shape index (κ3) is 2.67. The Kier molecular flexibility index (Phi) is 4.44. The van der Waals surface area contributed by atoms with Crippen LogP contribution in [0.2, 0.25) is 0 Å². The smallest absolute Gasteiger partial charge is 0.390 e. The van der Waals surface area contributed by atoms with Gasteiger partial charge in [-0.2, -0.15) is 0 Å². The molecule has 0 N–H and O–H groups in total. The second-order valence-electron chi connectivity index (χ2n) is 1.60. The van der Waals surface area contributed by atoms with E-state index in [0.29, 0.717) is 0 Å². The molecule has 0 amide bonds. The molecule has 0 atom stereocenters. The minimum Gasteiger partial charge on any atom is -0.390 e. The van der Waals surface area contributed by atoms with E-state index < -0.39 is 4.92 Å². The molecule has 0 saturated heterocycles. The van der Waals surface area contributed by atoms with Crippen molar-refractivity contribution in [3.05, 3.63) is 22.5 Å². The number of nitrogens with zero attached hydrogens (tertiary/aromatic N) is 3. The number of halogens is 1. The van der Waals surface area contributed by atoms with Gasteiger partial charge in [-0.1, -0.05) is 20.9 Å². The van der Waals surface area contributed by atoms with E-state index in [0.717, 1.165) is 0 Å². The SMILES string of the molecule is CBr.Cn1ccnc1[N+](=O)[O-]. The van der Waals surface area contributed by atoms with E-state index in [1.807, 2.05) is 5.83 Å². The van der Waals surface area contributed by atoms with Crippen LogP contribution in [-0.4, -0.2) is 20.3 Å². The van der Waals surface area contributed by atoms with Crippen LogP contribution in [0.1, 0.15) is 0 Å². The van der Waals surface area contributed by atoms with Crippen LogP contribution < -0.4 is 0 Å². The molecule has 0 saturated carbocycles. The number of hydrogen-bond acceptors (Lipinski definition) is 3. The molecule has 11 heavy (non-hydrogen) atoms. The molecule has 0 aliphatic rings. The summed E-state index contributed by atoms with van der Waals surface area (Å²) in [6, 6.07) is 0. The van der Waals surface area contributed by atoms with E-state index in [2.05, 4.69) is 20.9 Å². The quantitative estimate of drug-likeness (QED) is 0.409. The van der Waals surface area contributed by atoms with Crippen molar-refractivity contribution in [2.24, 2.45) is 7.05 Å². The molecular weight excluding hydrogens is 214 g/mol. The van der Waals surface area contributed by atoms with E-state index in [1.165, 1.54) is 17.0 Å². The summed E-state index contributed by atoms with van der Waals surface area (Å²) >= 11 is 2.94. The van der Waals surface area contributed by atoms with Gasteiger partial charge in [0.2, 0.25) is 0 Å². The first-order valence-corrected chi connectivity index (χ1v) is 4.30. The lowest BCUT2D eigenvalue weighted by Crippen LogP contribution is -1.96. The van der Waals surface area contributed by atoms with Gasteiger partial charge in [0.05, 0.1) is 7.05 Å². The summed E-state index contributed by atoms with van der Waals surface area (Å²) in [5.41, 5.74) is 0. The van der Waals surface area contributed by atoms with Crippen LogP contribution in [0.25, 0.3) is 0 Å². The molecule has 62 valence electrons. The van der Waals surface area contributed by atoms with Crippen LogP contribution in [0.4, 0.5) is 5.95 Å². The highest BCUT2D eigenvalue weighted by molar-refractivity contribution is 9.08. The maximum absolute atomic E-state index is 10.0. The number of aryl methyl sites for hydroxylation is 1. The van der Waals surface area contributed by atoms with Crippen LogP contribution in [0.5, 0.6) is 0 Å². The molecule has 0 aliphatic heterocycles. The van der Waals surface area contributed by atoms with E-state index in [4.69, 9.17) is 0 Å². The Morgan fingerprint density at radius 1 is 1.73 bits per heavy atom. The van der Waals surface area contributed by atoms with Crippen LogP contribution >= 0.6 is 15.9 Å². The molecule has 0 fully saturated rings. The first-order valence-electron chi connectivity index (χ1n) is 2.71. The summed E-state index contributed by atoms with van der Waals surface area (Å²) in [5, 5.41) is 10.0.